The van der Waals surface area contributed by atoms with Crippen molar-refractivity contribution in [1.29, 1.82) is 0 Å². The van der Waals surface area contributed by atoms with E-state index in [1.54, 1.807) is 13.2 Å². The first-order chi connectivity index (χ1) is 8.50. The number of carbonyl (C=O) groups excluding carboxylic acids is 1. The van der Waals surface area contributed by atoms with Crippen LogP contribution in [-0.2, 0) is 9.59 Å². The van der Waals surface area contributed by atoms with Gasteiger partial charge in [-0.25, -0.2) is 0 Å². The highest BCUT2D eigenvalue weighted by Gasteiger charge is 2.38. The first-order valence-corrected chi connectivity index (χ1v) is 5.91. The van der Waals surface area contributed by atoms with E-state index in [1.807, 2.05) is 19.1 Å². The van der Waals surface area contributed by atoms with Gasteiger partial charge in [0.2, 0.25) is 5.91 Å². The topological polar surface area (TPSA) is 70.5 Å². The van der Waals surface area contributed by atoms with E-state index in [9.17, 15) is 14.7 Å². The molecule has 5 nitrogen and oxygen atoms in total. The molecule has 1 amide bonds. The highest BCUT2D eigenvalue weighted by Crippen LogP contribution is 2.35. The highest BCUT2D eigenvalue weighted by molar-refractivity contribution is 5.81. The molecule has 1 aromatic heterocycles. The van der Waals surface area contributed by atoms with Gasteiger partial charge in [-0.05, 0) is 25.0 Å². The number of nitrogens with zero attached hydrogens (tertiary/aromatic N) is 2. The van der Waals surface area contributed by atoms with Crippen LogP contribution in [0.1, 0.15) is 30.1 Å². The molecule has 18 heavy (non-hydrogen) atoms. The number of likely N-dealkylation sites (tertiary alicyclic amines) is 1. The Hall–Kier alpha value is -1.91. The lowest BCUT2D eigenvalue weighted by molar-refractivity contribution is -0.150. The maximum absolute atomic E-state index is 11.7. The van der Waals surface area contributed by atoms with E-state index < -0.39 is 17.9 Å². The third-order valence-corrected chi connectivity index (χ3v) is 3.45. The molecule has 0 spiro atoms. The third-order valence-electron chi connectivity index (χ3n) is 3.45. The number of aliphatic carboxylic acids is 1. The van der Waals surface area contributed by atoms with Crippen LogP contribution in [-0.4, -0.2) is 33.9 Å². The lowest BCUT2D eigenvalue weighted by Crippen LogP contribution is -2.43. The van der Waals surface area contributed by atoms with Crippen LogP contribution in [0.2, 0.25) is 0 Å². The molecule has 2 rings (SSSR count). The fraction of sp³-hybridized carbons (Fsp3) is 0.462. The predicted octanol–water partition coefficient (Wildman–Crippen LogP) is 1.38. The minimum absolute atomic E-state index is 0.0157. The number of carbonyl (C=O) groups is 2. The van der Waals surface area contributed by atoms with Crippen LogP contribution >= 0.6 is 0 Å². The average Bonchev–Trinajstić information content (AvgIpc) is 2.33. The van der Waals surface area contributed by atoms with Crippen LogP contribution in [0, 0.1) is 12.8 Å². The number of rotatable bonds is 2. The number of carboxylic acid groups (broad SMARTS) is 1. The zero-order valence-electron chi connectivity index (χ0n) is 10.5. The summed E-state index contributed by atoms with van der Waals surface area (Å²) >= 11 is 0. The lowest BCUT2D eigenvalue weighted by atomic mass is 9.85. The van der Waals surface area contributed by atoms with Gasteiger partial charge in [0.1, 0.15) is 0 Å². The normalized spacial score (nSPS) is 24.1. The number of piperidine rings is 1. The molecule has 1 N–H and O–H groups in total. The smallest absolute Gasteiger partial charge is 0.308 e. The largest absolute Gasteiger partial charge is 0.481 e. The summed E-state index contributed by atoms with van der Waals surface area (Å²) in [7, 11) is 1.65. The molecule has 96 valence electrons. The van der Waals surface area contributed by atoms with E-state index in [2.05, 4.69) is 4.98 Å². The van der Waals surface area contributed by atoms with Gasteiger partial charge in [0.25, 0.3) is 0 Å². The number of hydrogen-bond donors (Lipinski definition) is 1. The van der Waals surface area contributed by atoms with E-state index in [4.69, 9.17) is 0 Å². The van der Waals surface area contributed by atoms with Crippen molar-refractivity contribution in [3.05, 3.63) is 29.6 Å². The molecule has 1 aliphatic rings. The quantitative estimate of drug-likeness (QED) is 0.858. The van der Waals surface area contributed by atoms with Crippen molar-refractivity contribution in [2.24, 2.45) is 5.92 Å². The number of aromatic nitrogens is 1. The Morgan fingerprint density at radius 2 is 2.22 bits per heavy atom. The van der Waals surface area contributed by atoms with Gasteiger partial charge in [-0.3, -0.25) is 14.6 Å². The summed E-state index contributed by atoms with van der Waals surface area (Å²) < 4.78 is 0. The fourth-order valence-electron chi connectivity index (χ4n) is 2.41. The maximum Gasteiger partial charge on any atom is 0.308 e. The van der Waals surface area contributed by atoms with Crippen molar-refractivity contribution >= 4 is 11.9 Å². The second kappa shape index (κ2) is 4.76. The number of amides is 1. The molecular weight excluding hydrogens is 232 g/mol. The zero-order chi connectivity index (χ0) is 13.3. The summed E-state index contributed by atoms with van der Waals surface area (Å²) in [4.78, 5) is 28.7. The highest BCUT2D eigenvalue weighted by atomic mass is 16.4. The zero-order valence-corrected chi connectivity index (χ0v) is 10.5. The van der Waals surface area contributed by atoms with Gasteiger partial charge in [-0.2, -0.15) is 0 Å². The van der Waals surface area contributed by atoms with Gasteiger partial charge in [0.15, 0.2) is 0 Å². The molecule has 2 unspecified atom stereocenters. The van der Waals surface area contributed by atoms with E-state index in [-0.39, 0.29) is 5.91 Å². The Bertz CT molecular complexity index is 470. The van der Waals surface area contributed by atoms with Crippen molar-refractivity contribution in [2.75, 3.05) is 7.05 Å². The summed E-state index contributed by atoms with van der Waals surface area (Å²) in [5, 5.41) is 9.27. The lowest BCUT2D eigenvalue weighted by Gasteiger charge is -2.37. The molecule has 1 saturated heterocycles. The van der Waals surface area contributed by atoms with Crippen molar-refractivity contribution in [2.45, 2.75) is 25.8 Å². The molecule has 0 aromatic carbocycles. The van der Waals surface area contributed by atoms with E-state index >= 15 is 0 Å². The Labute approximate surface area is 105 Å². The van der Waals surface area contributed by atoms with Crippen molar-refractivity contribution < 1.29 is 14.7 Å². The van der Waals surface area contributed by atoms with Gasteiger partial charge in [0.05, 0.1) is 12.0 Å². The van der Waals surface area contributed by atoms with Gasteiger partial charge >= 0.3 is 5.97 Å². The molecule has 5 heteroatoms. The van der Waals surface area contributed by atoms with Gasteiger partial charge in [-0.15, -0.1) is 0 Å². The molecule has 2 heterocycles. The predicted molar refractivity (Wildman–Crippen MR) is 64.8 cm³/mol. The summed E-state index contributed by atoms with van der Waals surface area (Å²) in [5.41, 5.74) is 1.65. The monoisotopic (exact) mass is 248 g/mol. The average molecular weight is 248 g/mol. The molecule has 1 fully saturated rings. The minimum Gasteiger partial charge on any atom is -0.481 e. The van der Waals surface area contributed by atoms with Crippen LogP contribution in [0.15, 0.2) is 18.3 Å². The number of pyridine rings is 1. The Morgan fingerprint density at radius 1 is 1.50 bits per heavy atom. The van der Waals surface area contributed by atoms with E-state index in [0.717, 1.165) is 11.3 Å². The molecule has 0 saturated carbocycles. The van der Waals surface area contributed by atoms with Gasteiger partial charge in [0, 0.05) is 25.4 Å². The molecule has 1 aliphatic heterocycles. The third kappa shape index (κ3) is 2.20. The van der Waals surface area contributed by atoms with Gasteiger partial charge in [-0.1, -0.05) is 6.07 Å². The van der Waals surface area contributed by atoms with Crippen molar-refractivity contribution in [1.82, 2.24) is 9.88 Å². The second-order valence-corrected chi connectivity index (χ2v) is 4.67. The SMILES string of the molecule is Cc1ccc(C2C(C(=O)O)CCC(=O)N2C)cn1. The van der Waals surface area contributed by atoms with Crippen LogP contribution in [0.25, 0.3) is 0 Å². The standard InChI is InChI=1S/C13H16N2O3/c1-8-3-4-9(7-14-8)12-10(13(17)18)5-6-11(16)15(12)2/h3-4,7,10,12H,5-6H2,1-2H3,(H,17,18). The van der Waals surface area contributed by atoms with Gasteiger partial charge < -0.3 is 10.0 Å². The number of hydrogen-bond acceptors (Lipinski definition) is 3. The van der Waals surface area contributed by atoms with Crippen molar-refractivity contribution in [3.63, 3.8) is 0 Å². The Balaban J connectivity index is 2.37. The number of aryl methyl sites for hydroxylation is 1. The summed E-state index contributed by atoms with van der Waals surface area (Å²) in [5.74, 6) is -1.43. The molecule has 0 aliphatic carbocycles. The minimum atomic E-state index is -0.861. The second-order valence-electron chi connectivity index (χ2n) is 4.67. The summed E-state index contributed by atoms with van der Waals surface area (Å²) in [6, 6.07) is 3.26. The van der Waals surface area contributed by atoms with E-state index in [1.165, 1.54) is 4.90 Å². The summed E-state index contributed by atoms with van der Waals surface area (Å²) in [6.45, 7) is 1.87. The molecule has 0 bridgehead atoms. The molecule has 1 aromatic rings. The number of carboxylic acids is 1. The summed E-state index contributed by atoms with van der Waals surface area (Å²) in [6.07, 6.45) is 2.34. The van der Waals surface area contributed by atoms with Crippen molar-refractivity contribution in [3.8, 4) is 0 Å². The van der Waals surface area contributed by atoms with Crippen LogP contribution in [0.3, 0.4) is 0 Å². The fourth-order valence-corrected chi connectivity index (χ4v) is 2.41. The van der Waals surface area contributed by atoms with Crippen LogP contribution < -0.4 is 0 Å². The van der Waals surface area contributed by atoms with E-state index in [0.29, 0.717) is 12.8 Å². The first-order valence-electron chi connectivity index (χ1n) is 5.91. The first kappa shape index (κ1) is 12.5. The maximum atomic E-state index is 11.7. The van der Waals surface area contributed by atoms with Crippen LogP contribution in [0.4, 0.5) is 0 Å². The molecule has 0 radical (unpaired) electrons. The molecule has 2 atom stereocenters. The Morgan fingerprint density at radius 3 is 2.78 bits per heavy atom. The van der Waals surface area contributed by atoms with Crippen LogP contribution in [0.5, 0.6) is 0 Å². The Kier molecular flexibility index (Phi) is 3.32. The molecular formula is C13H16N2O3.